The Balaban J connectivity index is 1.62. The van der Waals surface area contributed by atoms with Gasteiger partial charge in [0, 0.05) is 12.1 Å². The second kappa shape index (κ2) is 8.75. The average Bonchev–Trinajstić information content (AvgIpc) is 3.09. The fourth-order valence-electron chi connectivity index (χ4n) is 2.50. The number of ether oxygens (including phenoxy) is 1. The molecule has 0 spiro atoms. The van der Waals surface area contributed by atoms with Crippen LogP contribution in [-0.2, 0) is 16.1 Å². The molecule has 0 bridgehead atoms. The number of rotatable bonds is 6. The highest BCUT2D eigenvalue weighted by molar-refractivity contribution is 7.17. The molecule has 0 saturated heterocycles. The van der Waals surface area contributed by atoms with Gasteiger partial charge in [-0.2, -0.15) is 0 Å². The molecule has 0 aliphatic carbocycles. The van der Waals surface area contributed by atoms with Crippen LogP contribution < -0.4 is 5.32 Å². The van der Waals surface area contributed by atoms with Gasteiger partial charge >= 0.3 is 5.97 Å². The number of aromatic nitrogens is 1. The summed E-state index contributed by atoms with van der Waals surface area (Å²) in [6, 6.07) is 15.3. The smallest absolute Gasteiger partial charge is 0.351 e. The molecule has 2 aromatic carbocycles. The minimum absolute atomic E-state index is 0.321. The molecule has 0 radical (unpaired) electrons. The molecule has 7 heteroatoms. The number of hydrogen-bond donors (Lipinski definition) is 1. The molecule has 1 heterocycles. The Kier molecular flexibility index (Phi) is 6.16. The molecule has 0 saturated carbocycles. The lowest BCUT2D eigenvalue weighted by molar-refractivity contribution is -0.129. The van der Waals surface area contributed by atoms with Crippen LogP contribution in [0.3, 0.4) is 0 Å². The summed E-state index contributed by atoms with van der Waals surface area (Å²) in [5.41, 5.74) is 2.17. The number of benzene rings is 2. The molecule has 1 N–H and O–H groups in total. The molecular formula is C21H19FN2O3S. The molecule has 1 atom stereocenters. The van der Waals surface area contributed by atoms with Crippen molar-refractivity contribution in [3.05, 3.63) is 76.5 Å². The van der Waals surface area contributed by atoms with Gasteiger partial charge in [-0.3, -0.25) is 4.79 Å². The van der Waals surface area contributed by atoms with Gasteiger partial charge < -0.3 is 10.1 Å². The van der Waals surface area contributed by atoms with Crippen LogP contribution in [0.25, 0.3) is 10.6 Å². The van der Waals surface area contributed by atoms with Crippen molar-refractivity contribution >= 4 is 23.2 Å². The van der Waals surface area contributed by atoms with E-state index in [-0.39, 0.29) is 11.7 Å². The molecule has 3 aromatic rings. The van der Waals surface area contributed by atoms with E-state index in [4.69, 9.17) is 4.74 Å². The Bertz CT molecular complexity index is 971. The number of nitrogens with one attached hydrogen (secondary N) is 1. The van der Waals surface area contributed by atoms with Crippen LogP contribution in [0.2, 0.25) is 0 Å². The van der Waals surface area contributed by atoms with Crippen molar-refractivity contribution in [2.45, 2.75) is 26.5 Å². The zero-order chi connectivity index (χ0) is 20.1. The predicted molar refractivity (Wildman–Crippen MR) is 105 cm³/mol. The van der Waals surface area contributed by atoms with Gasteiger partial charge in [0.25, 0.3) is 5.91 Å². The van der Waals surface area contributed by atoms with Gasteiger partial charge in [0.2, 0.25) is 0 Å². The highest BCUT2D eigenvalue weighted by atomic mass is 32.1. The van der Waals surface area contributed by atoms with E-state index in [9.17, 15) is 14.0 Å². The summed E-state index contributed by atoms with van der Waals surface area (Å²) in [6.07, 6.45) is -0.938. The number of hydrogen-bond acceptors (Lipinski definition) is 5. The maximum atomic E-state index is 13.1. The topological polar surface area (TPSA) is 68.3 Å². The third-order valence-electron chi connectivity index (χ3n) is 4.04. The van der Waals surface area contributed by atoms with E-state index in [0.717, 1.165) is 16.9 Å². The molecule has 5 nitrogen and oxygen atoms in total. The number of carbonyl (C=O) groups excluding carboxylic acids is 2. The van der Waals surface area contributed by atoms with E-state index in [1.54, 1.807) is 19.1 Å². The number of nitrogens with zero attached hydrogens (tertiary/aromatic N) is 1. The minimum Gasteiger partial charge on any atom is -0.448 e. The van der Waals surface area contributed by atoms with Gasteiger partial charge in [-0.25, -0.2) is 14.2 Å². The Morgan fingerprint density at radius 3 is 2.50 bits per heavy atom. The van der Waals surface area contributed by atoms with Crippen molar-refractivity contribution in [2.24, 2.45) is 0 Å². The SMILES string of the molecule is Cc1nc(-c2ccc(F)cc2)sc1C(=O)OC(C)C(=O)NCc1ccccc1. The van der Waals surface area contributed by atoms with Crippen LogP contribution >= 0.6 is 11.3 Å². The van der Waals surface area contributed by atoms with Crippen LogP contribution in [0.5, 0.6) is 0 Å². The molecule has 28 heavy (non-hydrogen) atoms. The molecule has 1 aromatic heterocycles. The number of halogens is 1. The summed E-state index contributed by atoms with van der Waals surface area (Å²) < 4.78 is 18.4. The number of amides is 1. The van der Waals surface area contributed by atoms with E-state index in [1.807, 2.05) is 30.3 Å². The molecule has 0 fully saturated rings. The van der Waals surface area contributed by atoms with Crippen LogP contribution in [0.4, 0.5) is 4.39 Å². The average molecular weight is 398 g/mol. The Labute approximate surface area is 166 Å². The monoisotopic (exact) mass is 398 g/mol. The Hall–Kier alpha value is -3.06. The van der Waals surface area contributed by atoms with Crippen molar-refractivity contribution in [3.8, 4) is 10.6 Å². The highest BCUT2D eigenvalue weighted by Crippen LogP contribution is 2.28. The van der Waals surface area contributed by atoms with Crippen LogP contribution in [-0.4, -0.2) is 23.0 Å². The second-order valence-corrected chi connectivity index (χ2v) is 7.19. The summed E-state index contributed by atoms with van der Waals surface area (Å²) in [5, 5.41) is 3.33. The van der Waals surface area contributed by atoms with Gasteiger partial charge in [0.1, 0.15) is 15.7 Å². The zero-order valence-corrected chi connectivity index (χ0v) is 16.3. The summed E-state index contributed by atoms with van der Waals surface area (Å²) in [4.78, 5) is 29.3. The van der Waals surface area contributed by atoms with Gasteiger partial charge in [0.05, 0.1) is 5.69 Å². The third-order valence-corrected chi connectivity index (χ3v) is 5.22. The lowest BCUT2D eigenvalue weighted by atomic mass is 10.2. The zero-order valence-electron chi connectivity index (χ0n) is 15.4. The molecule has 1 amide bonds. The number of esters is 1. The molecule has 0 aliphatic rings. The van der Waals surface area contributed by atoms with Crippen molar-refractivity contribution in [2.75, 3.05) is 0 Å². The highest BCUT2D eigenvalue weighted by Gasteiger charge is 2.23. The van der Waals surface area contributed by atoms with Crippen molar-refractivity contribution in [1.29, 1.82) is 0 Å². The van der Waals surface area contributed by atoms with E-state index in [0.29, 0.717) is 27.7 Å². The molecular weight excluding hydrogens is 379 g/mol. The first-order valence-corrected chi connectivity index (χ1v) is 9.51. The normalized spacial score (nSPS) is 11.7. The molecule has 1 unspecified atom stereocenters. The van der Waals surface area contributed by atoms with E-state index in [2.05, 4.69) is 10.3 Å². The van der Waals surface area contributed by atoms with Gasteiger partial charge in [-0.1, -0.05) is 30.3 Å². The summed E-state index contributed by atoms with van der Waals surface area (Å²) in [6.45, 7) is 3.58. The fourth-order valence-corrected chi connectivity index (χ4v) is 3.45. The fraction of sp³-hybridized carbons (Fsp3) is 0.190. The lowest BCUT2D eigenvalue weighted by Gasteiger charge is -2.13. The molecule has 0 aliphatic heterocycles. The first-order valence-electron chi connectivity index (χ1n) is 8.70. The van der Waals surface area contributed by atoms with E-state index < -0.39 is 12.1 Å². The minimum atomic E-state index is -0.938. The van der Waals surface area contributed by atoms with E-state index >= 15 is 0 Å². The maximum absolute atomic E-state index is 13.1. The van der Waals surface area contributed by atoms with Crippen molar-refractivity contribution in [1.82, 2.24) is 10.3 Å². The van der Waals surface area contributed by atoms with Gasteiger partial charge in [-0.15, -0.1) is 11.3 Å². The molecule has 144 valence electrons. The van der Waals surface area contributed by atoms with Gasteiger partial charge in [-0.05, 0) is 43.7 Å². The number of aryl methyl sites for hydroxylation is 1. The largest absolute Gasteiger partial charge is 0.448 e. The quantitative estimate of drug-likeness (QED) is 0.634. The van der Waals surface area contributed by atoms with Crippen LogP contribution in [0.15, 0.2) is 54.6 Å². The van der Waals surface area contributed by atoms with Crippen molar-refractivity contribution < 1.29 is 18.7 Å². The van der Waals surface area contributed by atoms with Crippen LogP contribution in [0, 0.1) is 12.7 Å². The summed E-state index contributed by atoms with van der Waals surface area (Å²) >= 11 is 1.15. The second-order valence-electron chi connectivity index (χ2n) is 6.19. The Morgan fingerprint density at radius 1 is 1.14 bits per heavy atom. The summed E-state index contributed by atoms with van der Waals surface area (Å²) in [5.74, 6) is -1.32. The molecule has 3 rings (SSSR count). The van der Waals surface area contributed by atoms with Crippen molar-refractivity contribution in [3.63, 3.8) is 0 Å². The lowest BCUT2D eigenvalue weighted by Crippen LogP contribution is -2.35. The number of carbonyl (C=O) groups is 2. The number of thiazole rings is 1. The maximum Gasteiger partial charge on any atom is 0.351 e. The predicted octanol–water partition coefficient (Wildman–Crippen LogP) is 4.12. The summed E-state index contributed by atoms with van der Waals surface area (Å²) in [7, 11) is 0. The first-order chi connectivity index (χ1) is 13.4. The Morgan fingerprint density at radius 2 is 1.82 bits per heavy atom. The van der Waals surface area contributed by atoms with Crippen LogP contribution in [0.1, 0.15) is 27.9 Å². The third kappa shape index (κ3) is 4.80. The standard InChI is InChI=1S/C21H19FN2O3S/c1-13-18(28-20(24-13)16-8-10-17(22)11-9-16)21(26)27-14(2)19(25)23-12-15-6-4-3-5-7-15/h3-11,14H,12H2,1-2H3,(H,23,25). The van der Waals surface area contributed by atoms with Gasteiger partial charge in [0.15, 0.2) is 6.10 Å². The first kappa shape index (κ1) is 19.7. The van der Waals surface area contributed by atoms with E-state index in [1.165, 1.54) is 19.1 Å².